The summed E-state index contributed by atoms with van der Waals surface area (Å²) in [5.41, 5.74) is 3.98. The Morgan fingerprint density at radius 3 is 2.65 bits per heavy atom. The molecule has 0 spiro atoms. The van der Waals surface area contributed by atoms with Crippen molar-refractivity contribution in [1.29, 1.82) is 0 Å². The molecule has 4 nitrogen and oxygen atoms in total. The maximum absolute atomic E-state index is 12.0. The fourth-order valence-electron chi connectivity index (χ4n) is 2.29. The van der Waals surface area contributed by atoms with E-state index in [1.807, 2.05) is 6.07 Å². The van der Waals surface area contributed by atoms with E-state index in [9.17, 15) is 4.79 Å². The number of amides is 1. The van der Waals surface area contributed by atoms with Crippen LogP contribution in [0.2, 0.25) is 0 Å². The van der Waals surface area contributed by atoms with Crippen LogP contribution < -0.4 is 10.6 Å². The first-order valence-electron chi connectivity index (χ1n) is 8.18. The van der Waals surface area contributed by atoms with E-state index < -0.39 is 0 Å². The van der Waals surface area contributed by atoms with Gasteiger partial charge in [-0.3, -0.25) is 4.79 Å². The lowest BCUT2D eigenvalue weighted by Gasteiger charge is -2.10. The van der Waals surface area contributed by atoms with E-state index in [4.69, 9.17) is 0 Å². The Labute approximate surface area is 138 Å². The molecule has 0 saturated heterocycles. The molecule has 122 valence electrons. The van der Waals surface area contributed by atoms with Gasteiger partial charge in [0.25, 0.3) is 5.91 Å². The van der Waals surface area contributed by atoms with Gasteiger partial charge in [-0.05, 0) is 49.6 Å². The van der Waals surface area contributed by atoms with E-state index in [1.165, 1.54) is 5.56 Å². The molecular formula is C19H25N3O. The number of hydrogen-bond acceptors (Lipinski definition) is 3. The van der Waals surface area contributed by atoms with Crippen molar-refractivity contribution in [3.8, 4) is 0 Å². The van der Waals surface area contributed by atoms with Crippen LogP contribution in [0, 0.1) is 13.8 Å². The van der Waals surface area contributed by atoms with E-state index in [-0.39, 0.29) is 5.91 Å². The summed E-state index contributed by atoms with van der Waals surface area (Å²) < 4.78 is 0. The van der Waals surface area contributed by atoms with E-state index in [1.54, 1.807) is 12.3 Å². The van der Waals surface area contributed by atoms with Gasteiger partial charge < -0.3 is 10.6 Å². The zero-order valence-electron chi connectivity index (χ0n) is 14.1. The van der Waals surface area contributed by atoms with Crippen molar-refractivity contribution in [2.45, 2.75) is 40.0 Å². The smallest absolute Gasteiger partial charge is 0.252 e. The number of nitrogens with one attached hydrogen (secondary N) is 2. The van der Waals surface area contributed by atoms with Gasteiger partial charge >= 0.3 is 0 Å². The number of unbranched alkanes of at least 4 members (excludes halogenated alkanes) is 2. The van der Waals surface area contributed by atoms with Gasteiger partial charge in [0, 0.05) is 18.4 Å². The number of anilines is 2. The van der Waals surface area contributed by atoms with Crippen LogP contribution in [-0.2, 0) is 0 Å². The first-order chi connectivity index (χ1) is 11.1. The lowest BCUT2D eigenvalue weighted by molar-refractivity contribution is 0.0952. The number of benzene rings is 1. The fourth-order valence-corrected chi connectivity index (χ4v) is 2.29. The highest BCUT2D eigenvalue weighted by Crippen LogP contribution is 2.20. The average molecular weight is 311 g/mol. The molecule has 1 heterocycles. The summed E-state index contributed by atoms with van der Waals surface area (Å²) in [6.07, 6.45) is 4.91. The first-order valence-corrected chi connectivity index (χ1v) is 8.18. The number of pyridine rings is 1. The van der Waals surface area contributed by atoms with E-state index in [0.717, 1.165) is 42.9 Å². The third kappa shape index (κ3) is 5.09. The van der Waals surface area contributed by atoms with Crippen LogP contribution in [0.15, 0.2) is 36.5 Å². The van der Waals surface area contributed by atoms with Gasteiger partial charge in [0.2, 0.25) is 0 Å². The van der Waals surface area contributed by atoms with Gasteiger partial charge in [0.05, 0.1) is 5.56 Å². The molecule has 4 heteroatoms. The summed E-state index contributed by atoms with van der Waals surface area (Å²) in [7, 11) is 0. The highest BCUT2D eigenvalue weighted by atomic mass is 16.1. The van der Waals surface area contributed by atoms with Crippen molar-refractivity contribution in [2.75, 3.05) is 11.9 Å². The van der Waals surface area contributed by atoms with Crippen LogP contribution in [0.25, 0.3) is 0 Å². The van der Waals surface area contributed by atoms with Crippen molar-refractivity contribution >= 4 is 17.4 Å². The normalized spacial score (nSPS) is 10.4. The summed E-state index contributed by atoms with van der Waals surface area (Å²) in [6, 6.07) is 9.89. The number of hydrogen-bond donors (Lipinski definition) is 2. The van der Waals surface area contributed by atoms with Crippen molar-refractivity contribution in [3.05, 3.63) is 53.2 Å². The predicted molar refractivity (Wildman–Crippen MR) is 95.3 cm³/mol. The van der Waals surface area contributed by atoms with Crippen LogP contribution >= 0.6 is 0 Å². The lowest BCUT2D eigenvalue weighted by Crippen LogP contribution is -2.24. The minimum atomic E-state index is -0.0631. The number of rotatable bonds is 7. The largest absolute Gasteiger partial charge is 0.352 e. The second kappa shape index (κ2) is 8.32. The molecule has 0 bridgehead atoms. The molecule has 0 fully saturated rings. The molecule has 23 heavy (non-hydrogen) atoms. The van der Waals surface area contributed by atoms with Gasteiger partial charge in [-0.15, -0.1) is 0 Å². The molecule has 1 aromatic carbocycles. The maximum atomic E-state index is 12.0. The fraction of sp³-hybridized carbons (Fsp3) is 0.368. The topological polar surface area (TPSA) is 54.0 Å². The number of aromatic nitrogens is 1. The molecule has 0 aliphatic heterocycles. The Balaban J connectivity index is 1.96. The number of aryl methyl sites for hydroxylation is 2. The van der Waals surface area contributed by atoms with Crippen LogP contribution in [0.1, 0.15) is 47.7 Å². The summed E-state index contributed by atoms with van der Waals surface area (Å²) in [4.78, 5) is 16.3. The molecule has 1 amide bonds. The number of carbonyl (C=O) groups excluding carboxylic acids is 1. The highest BCUT2D eigenvalue weighted by molar-refractivity contribution is 5.94. The van der Waals surface area contributed by atoms with Gasteiger partial charge in [0.1, 0.15) is 5.82 Å². The minimum Gasteiger partial charge on any atom is -0.352 e. The monoisotopic (exact) mass is 311 g/mol. The maximum Gasteiger partial charge on any atom is 0.252 e. The Bertz CT molecular complexity index is 650. The SMILES string of the molecule is CCCCCNC(=O)c1ccc(Nc2cc(C)ccc2C)nc1. The lowest BCUT2D eigenvalue weighted by atomic mass is 10.1. The highest BCUT2D eigenvalue weighted by Gasteiger charge is 2.06. The van der Waals surface area contributed by atoms with Gasteiger partial charge in [0.15, 0.2) is 0 Å². The molecule has 2 aromatic rings. The molecule has 2 N–H and O–H groups in total. The predicted octanol–water partition coefficient (Wildman–Crippen LogP) is 4.36. The summed E-state index contributed by atoms with van der Waals surface area (Å²) in [5.74, 6) is 0.674. The van der Waals surface area contributed by atoms with Crippen LogP contribution in [0.4, 0.5) is 11.5 Å². The Hall–Kier alpha value is -2.36. The molecule has 0 atom stereocenters. The van der Waals surface area contributed by atoms with Crippen LogP contribution in [0.3, 0.4) is 0 Å². The Morgan fingerprint density at radius 2 is 1.96 bits per heavy atom. The molecule has 0 aliphatic carbocycles. The quantitative estimate of drug-likeness (QED) is 0.747. The molecule has 0 aliphatic rings. The zero-order chi connectivity index (χ0) is 16.7. The minimum absolute atomic E-state index is 0.0631. The summed E-state index contributed by atoms with van der Waals surface area (Å²) >= 11 is 0. The third-order valence-electron chi connectivity index (χ3n) is 3.75. The molecule has 0 unspecified atom stereocenters. The second-order valence-corrected chi connectivity index (χ2v) is 5.84. The van der Waals surface area contributed by atoms with Crippen LogP contribution in [-0.4, -0.2) is 17.4 Å². The number of nitrogens with zero attached hydrogens (tertiary/aromatic N) is 1. The third-order valence-corrected chi connectivity index (χ3v) is 3.75. The van der Waals surface area contributed by atoms with E-state index >= 15 is 0 Å². The second-order valence-electron chi connectivity index (χ2n) is 5.84. The van der Waals surface area contributed by atoms with Crippen molar-refractivity contribution in [3.63, 3.8) is 0 Å². The first kappa shape index (κ1) is 17.0. The molecule has 1 aromatic heterocycles. The van der Waals surface area contributed by atoms with Gasteiger partial charge in [-0.1, -0.05) is 31.9 Å². The summed E-state index contributed by atoms with van der Waals surface area (Å²) in [6.45, 7) is 6.98. The zero-order valence-corrected chi connectivity index (χ0v) is 14.1. The van der Waals surface area contributed by atoms with E-state index in [2.05, 4.69) is 54.6 Å². The Kier molecular flexibility index (Phi) is 6.15. The molecular weight excluding hydrogens is 286 g/mol. The number of carbonyl (C=O) groups is 1. The molecule has 0 radical (unpaired) electrons. The average Bonchev–Trinajstić information content (AvgIpc) is 2.55. The van der Waals surface area contributed by atoms with Gasteiger partial charge in [-0.25, -0.2) is 4.98 Å². The molecule has 0 saturated carbocycles. The standard InChI is InChI=1S/C19H25N3O/c1-4-5-6-11-20-19(23)16-9-10-18(21-13-16)22-17-12-14(2)7-8-15(17)3/h7-10,12-13H,4-6,11H2,1-3H3,(H,20,23)(H,21,22). The van der Waals surface area contributed by atoms with Crippen LogP contribution in [0.5, 0.6) is 0 Å². The van der Waals surface area contributed by atoms with Crippen molar-refractivity contribution < 1.29 is 4.79 Å². The van der Waals surface area contributed by atoms with Crippen molar-refractivity contribution in [2.24, 2.45) is 0 Å². The Morgan fingerprint density at radius 1 is 1.13 bits per heavy atom. The van der Waals surface area contributed by atoms with Crippen molar-refractivity contribution in [1.82, 2.24) is 10.3 Å². The summed E-state index contributed by atoms with van der Waals surface area (Å²) in [5, 5.41) is 6.22. The van der Waals surface area contributed by atoms with Gasteiger partial charge in [-0.2, -0.15) is 0 Å². The molecule has 2 rings (SSSR count). The van der Waals surface area contributed by atoms with E-state index in [0.29, 0.717) is 5.56 Å².